The second-order valence-corrected chi connectivity index (χ2v) is 11.7. The minimum absolute atomic E-state index is 0.111. The molecule has 2 amide bonds. The minimum atomic E-state index is -0.237. The number of aromatic nitrogens is 5. The zero-order valence-electron chi connectivity index (χ0n) is 22.1. The number of anilines is 1. The molecule has 0 saturated carbocycles. The number of carbonyl (C=O) groups excluding carboxylic acids is 2. The fraction of sp³-hybridized carbons (Fsp3) is 0.308. The van der Waals surface area contributed by atoms with Gasteiger partial charge < -0.3 is 10.1 Å². The van der Waals surface area contributed by atoms with Gasteiger partial charge in [-0.2, -0.15) is 0 Å². The van der Waals surface area contributed by atoms with Crippen LogP contribution in [0.2, 0.25) is 0 Å². The van der Waals surface area contributed by atoms with Crippen LogP contribution in [0.3, 0.4) is 0 Å². The van der Waals surface area contributed by atoms with Crippen molar-refractivity contribution in [2.45, 2.75) is 43.2 Å². The summed E-state index contributed by atoms with van der Waals surface area (Å²) in [6, 6.07) is 13.0. The zero-order valence-corrected chi connectivity index (χ0v) is 24.5. The lowest BCUT2D eigenvalue weighted by molar-refractivity contribution is -0.113. The Morgan fingerprint density at radius 2 is 1.82 bits per heavy atom. The molecule has 0 radical (unpaired) electrons. The number of hydrogen-bond donors (Lipinski definition) is 2. The molecule has 0 bridgehead atoms. The third kappa shape index (κ3) is 7.16. The van der Waals surface area contributed by atoms with Crippen molar-refractivity contribution in [3.63, 3.8) is 0 Å². The third-order valence-electron chi connectivity index (χ3n) is 5.64. The molecule has 2 N–H and O–H groups in total. The number of nitrogens with zero attached hydrogens (tertiary/aromatic N) is 5. The van der Waals surface area contributed by atoms with Gasteiger partial charge in [-0.15, -0.1) is 20.4 Å². The number of aryl methyl sites for hydroxylation is 2. The molecule has 0 fully saturated rings. The Morgan fingerprint density at radius 1 is 1.03 bits per heavy atom. The van der Waals surface area contributed by atoms with Crippen molar-refractivity contribution in [3.8, 4) is 11.4 Å². The van der Waals surface area contributed by atoms with Crippen LogP contribution in [0.1, 0.15) is 41.2 Å². The van der Waals surface area contributed by atoms with E-state index < -0.39 is 0 Å². The van der Waals surface area contributed by atoms with Crippen LogP contribution in [0.15, 0.2) is 52.0 Å². The molecule has 204 valence electrons. The highest BCUT2D eigenvalue weighted by Crippen LogP contribution is 2.29. The van der Waals surface area contributed by atoms with E-state index in [1.807, 2.05) is 30.5 Å². The summed E-state index contributed by atoms with van der Waals surface area (Å²) in [5.74, 6) is 1.78. The number of hydrogen-bond acceptors (Lipinski definition) is 10. The van der Waals surface area contributed by atoms with E-state index >= 15 is 0 Å². The molecule has 0 aliphatic carbocycles. The number of methoxy groups -OCH3 is 1. The summed E-state index contributed by atoms with van der Waals surface area (Å²) < 4.78 is 7.92. The summed E-state index contributed by atoms with van der Waals surface area (Å²) in [5.41, 5.74) is 3.61. The Bertz CT molecular complexity index is 1440. The van der Waals surface area contributed by atoms with Gasteiger partial charge in [0.1, 0.15) is 5.75 Å². The van der Waals surface area contributed by atoms with Crippen molar-refractivity contribution in [2.75, 3.05) is 23.9 Å². The predicted molar refractivity (Wildman–Crippen MR) is 155 cm³/mol. The van der Waals surface area contributed by atoms with Gasteiger partial charge in [-0.25, -0.2) is 0 Å². The first kappa shape index (κ1) is 28.6. The number of ether oxygens (including phenoxy) is 1. The predicted octanol–water partition coefficient (Wildman–Crippen LogP) is 4.77. The van der Waals surface area contributed by atoms with E-state index in [9.17, 15) is 9.59 Å². The fourth-order valence-electron chi connectivity index (χ4n) is 3.79. The highest BCUT2D eigenvalue weighted by Gasteiger charge is 2.20. The molecule has 0 saturated heterocycles. The van der Waals surface area contributed by atoms with Crippen LogP contribution in [0.5, 0.6) is 5.75 Å². The summed E-state index contributed by atoms with van der Waals surface area (Å²) in [7, 11) is 1.58. The molecular weight excluding hydrogens is 555 g/mol. The van der Waals surface area contributed by atoms with Crippen molar-refractivity contribution < 1.29 is 14.3 Å². The molecule has 2 aromatic carbocycles. The van der Waals surface area contributed by atoms with Crippen LogP contribution in [-0.2, 0) is 17.8 Å². The summed E-state index contributed by atoms with van der Waals surface area (Å²) >= 11 is 4.20. The maximum Gasteiger partial charge on any atom is 0.251 e. The Labute approximate surface area is 239 Å². The molecule has 2 heterocycles. The molecule has 0 spiro atoms. The van der Waals surface area contributed by atoms with Crippen LogP contribution < -0.4 is 15.4 Å². The van der Waals surface area contributed by atoms with Crippen LogP contribution in [0, 0.1) is 6.92 Å². The Kier molecular flexibility index (Phi) is 9.96. The van der Waals surface area contributed by atoms with Crippen molar-refractivity contribution in [1.29, 1.82) is 0 Å². The topological polar surface area (TPSA) is 124 Å². The third-order valence-corrected chi connectivity index (χ3v) is 8.42. The monoisotopic (exact) mass is 583 g/mol. The molecule has 4 aromatic rings. The van der Waals surface area contributed by atoms with Gasteiger partial charge in [-0.05, 0) is 54.5 Å². The first-order valence-corrected chi connectivity index (χ1v) is 15.1. The molecule has 10 nitrogen and oxygen atoms in total. The Balaban J connectivity index is 1.54. The normalized spacial score (nSPS) is 10.9. The summed E-state index contributed by atoms with van der Waals surface area (Å²) in [5, 5.41) is 23.6. The van der Waals surface area contributed by atoms with E-state index in [1.165, 1.54) is 23.1 Å². The summed E-state index contributed by atoms with van der Waals surface area (Å²) in [6.45, 7) is 6.30. The molecule has 0 aliphatic rings. The maximum atomic E-state index is 12.8. The van der Waals surface area contributed by atoms with Crippen LogP contribution >= 0.6 is 34.9 Å². The van der Waals surface area contributed by atoms with Gasteiger partial charge in [0.25, 0.3) is 5.91 Å². The molecular formula is C26H29N7O3S3. The molecule has 0 atom stereocenters. The Morgan fingerprint density at radius 3 is 2.54 bits per heavy atom. The van der Waals surface area contributed by atoms with Gasteiger partial charge in [0.15, 0.2) is 15.3 Å². The SMILES string of the molecule is CCSc1nnc(NC(=O)CSc2nnc(CNC(=O)c3ccc(OC)cc3)n2-c2c(C)cccc2CC)s1. The van der Waals surface area contributed by atoms with Gasteiger partial charge >= 0.3 is 0 Å². The molecule has 0 aliphatic heterocycles. The molecule has 13 heteroatoms. The largest absolute Gasteiger partial charge is 0.497 e. The summed E-state index contributed by atoms with van der Waals surface area (Å²) in [6.07, 6.45) is 0.798. The highest BCUT2D eigenvalue weighted by molar-refractivity contribution is 8.01. The molecule has 0 unspecified atom stereocenters. The summed E-state index contributed by atoms with van der Waals surface area (Å²) in [4.78, 5) is 25.5. The molecule has 4 rings (SSSR count). The highest BCUT2D eigenvalue weighted by atomic mass is 32.2. The van der Waals surface area contributed by atoms with Crippen LogP contribution in [0.25, 0.3) is 5.69 Å². The lowest BCUT2D eigenvalue weighted by Crippen LogP contribution is -2.25. The lowest BCUT2D eigenvalue weighted by atomic mass is 10.1. The standard InChI is InChI=1S/C26H29N7O3S3/c1-5-17-9-7-8-16(3)22(17)33-20(14-27-23(35)18-10-12-19(36-4)13-11-18)29-31-25(33)38-15-21(34)28-24-30-32-26(39-24)37-6-2/h7-13H,5-6,14-15H2,1-4H3,(H,27,35)(H,28,30,34). The van der Waals surface area contributed by atoms with Crippen LogP contribution in [-0.4, -0.2) is 55.4 Å². The average molecular weight is 584 g/mol. The zero-order chi connectivity index (χ0) is 27.8. The lowest BCUT2D eigenvalue weighted by Gasteiger charge is -2.17. The smallest absolute Gasteiger partial charge is 0.251 e. The van der Waals surface area contributed by atoms with E-state index in [2.05, 4.69) is 44.0 Å². The van der Waals surface area contributed by atoms with Crippen molar-refractivity contribution in [1.82, 2.24) is 30.3 Å². The first-order valence-electron chi connectivity index (χ1n) is 12.3. The van der Waals surface area contributed by atoms with E-state index in [1.54, 1.807) is 43.1 Å². The number of carbonyl (C=O) groups is 2. The van der Waals surface area contributed by atoms with E-state index in [0.29, 0.717) is 27.4 Å². The van der Waals surface area contributed by atoms with E-state index in [-0.39, 0.29) is 24.1 Å². The van der Waals surface area contributed by atoms with Crippen molar-refractivity contribution >= 4 is 51.8 Å². The van der Waals surface area contributed by atoms with E-state index in [4.69, 9.17) is 4.74 Å². The van der Waals surface area contributed by atoms with Gasteiger partial charge in [-0.1, -0.05) is 66.9 Å². The average Bonchev–Trinajstić information content (AvgIpc) is 3.56. The first-order chi connectivity index (χ1) is 18.9. The number of rotatable bonds is 12. The quantitative estimate of drug-likeness (QED) is 0.179. The van der Waals surface area contributed by atoms with E-state index in [0.717, 1.165) is 33.3 Å². The number of thioether (sulfide) groups is 2. The van der Waals surface area contributed by atoms with Crippen LogP contribution in [0.4, 0.5) is 5.13 Å². The molecule has 2 aromatic heterocycles. The van der Waals surface area contributed by atoms with Gasteiger partial charge in [0.2, 0.25) is 11.0 Å². The van der Waals surface area contributed by atoms with Gasteiger partial charge in [-0.3, -0.25) is 19.5 Å². The fourth-order valence-corrected chi connectivity index (χ4v) is 6.21. The number of para-hydroxylation sites is 1. The number of benzene rings is 2. The maximum absolute atomic E-state index is 12.8. The Hall–Kier alpha value is -3.42. The number of nitrogens with one attached hydrogen (secondary N) is 2. The second-order valence-electron chi connectivity index (χ2n) is 8.22. The molecule has 39 heavy (non-hydrogen) atoms. The second kappa shape index (κ2) is 13.6. The van der Waals surface area contributed by atoms with Crippen molar-refractivity contribution in [3.05, 3.63) is 65.0 Å². The van der Waals surface area contributed by atoms with Gasteiger partial charge in [0.05, 0.1) is 25.1 Å². The minimum Gasteiger partial charge on any atom is -0.497 e. The van der Waals surface area contributed by atoms with Crippen molar-refractivity contribution in [2.24, 2.45) is 0 Å². The van der Waals surface area contributed by atoms with Gasteiger partial charge in [0, 0.05) is 5.56 Å². The number of amides is 2.